The molecule has 2 aromatic carbocycles. The van der Waals surface area contributed by atoms with E-state index in [4.69, 9.17) is 4.18 Å². The van der Waals surface area contributed by atoms with E-state index in [-0.39, 0.29) is 11.2 Å². The topological polar surface area (TPSA) is 9.23 Å². The van der Waals surface area contributed by atoms with Crippen LogP contribution in [-0.4, -0.2) is 26.6 Å². The molecule has 0 amide bonds. The average Bonchev–Trinajstić information content (AvgIpc) is 2.38. The molecule has 0 saturated heterocycles. The van der Waals surface area contributed by atoms with Crippen molar-refractivity contribution in [3.63, 3.8) is 0 Å². The Morgan fingerprint density at radius 3 is 1.18 bits per heavy atom. The van der Waals surface area contributed by atoms with Crippen molar-refractivity contribution < 1.29 is 21.1 Å². The van der Waals surface area contributed by atoms with Gasteiger partial charge in [-0.25, -0.2) is 0 Å². The molecule has 0 atom stereocenters. The predicted octanol–water partition coefficient (Wildman–Crippen LogP) is 5.42. The van der Waals surface area contributed by atoms with E-state index in [0.717, 1.165) is 0 Å². The van der Waals surface area contributed by atoms with Crippen LogP contribution in [0.25, 0.3) is 0 Å². The summed E-state index contributed by atoms with van der Waals surface area (Å²) in [6, 6.07) is 20.6. The van der Waals surface area contributed by atoms with Crippen LogP contribution >= 0.6 is 0 Å². The first kappa shape index (κ1) is 19.2. The molecule has 0 spiro atoms. The quantitative estimate of drug-likeness (QED) is 0.343. The second kappa shape index (κ2) is 6.34. The molecule has 124 valence electrons. The Labute approximate surface area is 129 Å². The normalized spacial score (nSPS) is 14.5. The molecule has 0 aromatic heterocycles. The van der Waals surface area contributed by atoms with Crippen LogP contribution in [0.4, 0.5) is 16.9 Å². The minimum atomic E-state index is -11.2. The molecule has 0 fully saturated rings. The van der Waals surface area contributed by atoms with E-state index in [1.165, 1.54) is 9.79 Å². The molecule has 9 heteroatoms. The van der Waals surface area contributed by atoms with Crippen LogP contribution in [-0.2, 0) is 15.4 Å². The number of hydrogen-bond donors (Lipinski definition) is 0. The van der Waals surface area contributed by atoms with Gasteiger partial charge in [-0.05, 0) is 24.3 Å². The number of rotatable bonds is 3. The summed E-state index contributed by atoms with van der Waals surface area (Å²) >= 11 is -11.5. The maximum absolute atomic E-state index is 11.2. The van der Waals surface area contributed by atoms with Crippen LogP contribution < -0.4 is 0 Å². The van der Waals surface area contributed by atoms with E-state index in [9.17, 15) is 16.9 Å². The van der Waals surface area contributed by atoms with Crippen molar-refractivity contribution in [1.29, 1.82) is 0 Å². The van der Waals surface area contributed by atoms with Crippen LogP contribution in [0.3, 0.4) is 0 Å². The van der Waals surface area contributed by atoms with Crippen LogP contribution in [0.15, 0.2) is 70.5 Å². The fourth-order valence-corrected chi connectivity index (χ4v) is 2.88. The van der Waals surface area contributed by atoms with Gasteiger partial charge in [0, 0.05) is 0 Å². The fraction of sp³-hybridized carbons (Fsp3) is 0.0769. The SMILES string of the molecule is CO[S+](c1ccccc1)c1ccccc1.[F][Sb-]([F])([F])([F])([F])[F]. The summed E-state index contributed by atoms with van der Waals surface area (Å²) in [5.41, 5.74) is 0. The van der Waals surface area contributed by atoms with Gasteiger partial charge in [-0.3, -0.25) is 0 Å². The Bertz CT molecular complexity index is 537. The Morgan fingerprint density at radius 2 is 0.955 bits per heavy atom. The fourth-order valence-electron chi connectivity index (χ4n) is 1.42. The number of benzene rings is 2. The molecule has 0 saturated carbocycles. The van der Waals surface area contributed by atoms with Gasteiger partial charge < -0.3 is 0 Å². The van der Waals surface area contributed by atoms with Gasteiger partial charge in [-0.2, -0.15) is 4.18 Å². The molecule has 22 heavy (non-hydrogen) atoms. The van der Waals surface area contributed by atoms with Crippen molar-refractivity contribution >= 4 is 30.7 Å². The molecule has 0 aliphatic heterocycles. The summed E-state index contributed by atoms with van der Waals surface area (Å²) in [6.07, 6.45) is 0. The monoisotopic (exact) mass is 452 g/mol. The van der Waals surface area contributed by atoms with E-state index in [0.29, 0.717) is 0 Å². The van der Waals surface area contributed by atoms with Gasteiger partial charge >= 0.3 is 36.4 Å². The molecule has 0 aliphatic carbocycles. The maximum atomic E-state index is 9.93. The first-order valence-electron chi connectivity index (χ1n) is 5.82. The van der Waals surface area contributed by atoms with Gasteiger partial charge in [0.25, 0.3) is 0 Å². The van der Waals surface area contributed by atoms with Crippen LogP contribution in [0, 0.1) is 0 Å². The van der Waals surface area contributed by atoms with Crippen LogP contribution in [0.5, 0.6) is 0 Å². The third kappa shape index (κ3) is 9.97. The van der Waals surface area contributed by atoms with Crippen molar-refractivity contribution in [2.75, 3.05) is 7.11 Å². The Hall–Kier alpha value is -0.852. The molecule has 2 rings (SSSR count). The molecule has 1 nitrogen and oxygen atoms in total. The van der Waals surface area contributed by atoms with E-state index >= 15 is 0 Å². The second-order valence-electron chi connectivity index (χ2n) is 4.02. The summed E-state index contributed by atoms with van der Waals surface area (Å²) in [4.78, 5) is 2.43. The van der Waals surface area contributed by atoms with Gasteiger partial charge in [0.15, 0.2) is 9.79 Å². The molecule has 0 heterocycles. The molecular weight excluding hydrogens is 440 g/mol. The van der Waals surface area contributed by atoms with E-state index in [1.807, 2.05) is 36.4 Å². The van der Waals surface area contributed by atoms with E-state index < -0.39 is 19.5 Å². The van der Waals surface area contributed by atoms with Gasteiger partial charge in [0.1, 0.15) is 0 Å². The molecular formula is C13H13F6OSSb. The molecule has 0 N–H and O–H groups in total. The summed E-state index contributed by atoms with van der Waals surface area (Å²) in [7, 11) is 1.75. The van der Waals surface area contributed by atoms with Crippen molar-refractivity contribution in [1.82, 2.24) is 0 Å². The van der Waals surface area contributed by atoms with Crippen molar-refractivity contribution in [3.05, 3.63) is 60.7 Å². The Kier molecular flexibility index (Phi) is 5.53. The Morgan fingerprint density at radius 1 is 0.682 bits per heavy atom. The van der Waals surface area contributed by atoms with Crippen molar-refractivity contribution in [3.8, 4) is 0 Å². The van der Waals surface area contributed by atoms with Gasteiger partial charge in [-0.15, -0.1) is 0 Å². The van der Waals surface area contributed by atoms with Crippen molar-refractivity contribution in [2.24, 2.45) is 0 Å². The third-order valence-electron chi connectivity index (χ3n) is 2.08. The standard InChI is InChI=1S/C13H13OS.6FH.Sb/c1-14-15(12-8-4-2-5-9-12)13-10-6-3-7-11-13;;;;;;;/h2-11H,1H3;6*1H;/q+1;;;;;;;+5/p-6. The zero-order chi connectivity index (χ0) is 16.9. The summed E-state index contributed by atoms with van der Waals surface area (Å²) in [6.45, 7) is 0. The zero-order valence-corrected chi connectivity index (χ0v) is 14.7. The van der Waals surface area contributed by atoms with E-state index in [1.54, 1.807) is 7.11 Å². The minimum absolute atomic E-state index is 0.258. The summed E-state index contributed by atoms with van der Waals surface area (Å²) < 4.78 is 65.1. The van der Waals surface area contributed by atoms with Crippen LogP contribution in [0.1, 0.15) is 0 Å². The van der Waals surface area contributed by atoms with E-state index in [2.05, 4.69) is 24.3 Å². The van der Waals surface area contributed by atoms with Gasteiger partial charge in [0.2, 0.25) is 11.2 Å². The number of halogens is 6. The van der Waals surface area contributed by atoms with Crippen molar-refractivity contribution in [2.45, 2.75) is 9.79 Å². The third-order valence-corrected chi connectivity index (χ3v) is 3.82. The first-order chi connectivity index (χ1) is 9.86. The molecule has 0 aliphatic rings. The summed E-state index contributed by atoms with van der Waals surface area (Å²) in [5.74, 6) is 0. The molecule has 0 radical (unpaired) electrons. The second-order valence-corrected chi connectivity index (χ2v) is 11.3. The summed E-state index contributed by atoms with van der Waals surface area (Å²) in [5, 5.41) is 0. The van der Waals surface area contributed by atoms with Crippen LogP contribution in [0.2, 0.25) is 0 Å². The number of hydrogen-bond acceptors (Lipinski definition) is 1. The Balaban J connectivity index is 0.000000295. The molecule has 2 aromatic rings. The zero-order valence-electron chi connectivity index (χ0n) is 11.3. The van der Waals surface area contributed by atoms with Gasteiger partial charge in [0.05, 0.1) is 7.11 Å². The average molecular weight is 453 g/mol. The van der Waals surface area contributed by atoms with Gasteiger partial charge in [-0.1, -0.05) is 36.4 Å². The predicted molar refractivity (Wildman–Crippen MR) is 76.2 cm³/mol. The first-order valence-corrected chi connectivity index (χ1v) is 12.8. The molecule has 0 bridgehead atoms. The molecule has 0 unspecified atom stereocenters.